The molecule has 1 N–H and O–H groups in total. The van der Waals surface area contributed by atoms with E-state index in [4.69, 9.17) is 11.6 Å². The summed E-state index contributed by atoms with van der Waals surface area (Å²) >= 11 is 5.91. The van der Waals surface area contributed by atoms with Gasteiger partial charge >= 0.3 is 6.18 Å². The number of hydrogen-bond acceptors (Lipinski definition) is 2. The lowest BCUT2D eigenvalue weighted by molar-refractivity contribution is -0.175. The summed E-state index contributed by atoms with van der Waals surface area (Å²) in [4.78, 5) is 0. The molecule has 1 atom stereocenters. The van der Waals surface area contributed by atoms with Gasteiger partial charge in [-0.1, -0.05) is 18.5 Å². The van der Waals surface area contributed by atoms with Crippen molar-refractivity contribution >= 4 is 11.6 Å². The van der Waals surface area contributed by atoms with Gasteiger partial charge in [0.15, 0.2) is 0 Å². The number of rotatable bonds is 6. The Bertz CT molecular complexity index is 411. The molecule has 0 amide bonds. The standard InChI is InChI=1S/C12H14ClF4NO/c1-2-18-11(6-19-7-12(15,16)17)9-5-8(14)3-4-10(9)13/h3-5,11,18H,2,6-7H2,1H3. The molecule has 0 radical (unpaired) electrons. The zero-order valence-corrected chi connectivity index (χ0v) is 11.0. The summed E-state index contributed by atoms with van der Waals surface area (Å²) < 4.78 is 53.8. The van der Waals surface area contributed by atoms with E-state index < -0.39 is 24.6 Å². The molecule has 0 aliphatic rings. The fourth-order valence-corrected chi connectivity index (χ4v) is 1.83. The lowest BCUT2D eigenvalue weighted by Crippen LogP contribution is -2.28. The molecular weight excluding hydrogens is 286 g/mol. The van der Waals surface area contributed by atoms with Crippen molar-refractivity contribution in [2.75, 3.05) is 19.8 Å². The van der Waals surface area contributed by atoms with Gasteiger partial charge in [-0.3, -0.25) is 0 Å². The van der Waals surface area contributed by atoms with E-state index in [1.165, 1.54) is 18.2 Å². The molecule has 0 bridgehead atoms. The lowest BCUT2D eigenvalue weighted by atomic mass is 10.1. The third kappa shape index (κ3) is 5.76. The summed E-state index contributed by atoms with van der Waals surface area (Å²) in [6.45, 7) is 0.690. The van der Waals surface area contributed by atoms with Crippen LogP contribution < -0.4 is 5.32 Å². The first kappa shape index (κ1) is 16.2. The number of nitrogens with one attached hydrogen (secondary N) is 1. The average Bonchev–Trinajstić information content (AvgIpc) is 2.30. The van der Waals surface area contributed by atoms with E-state index in [2.05, 4.69) is 10.1 Å². The molecule has 7 heteroatoms. The highest BCUT2D eigenvalue weighted by Crippen LogP contribution is 2.25. The van der Waals surface area contributed by atoms with E-state index in [1.54, 1.807) is 6.92 Å². The Balaban J connectivity index is 2.73. The third-order valence-corrected chi connectivity index (χ3v) is 2.68. The molecule has 0 saturated carbocycles. The zero-order chi connectivity index (χ0) is 14.5. The molecule has 0 spiro atoms. The zero-order valence-electron chi connectivity index (χ0n) is 10.2. The Kier molecular flexibility index (Phi) is 6.03. The maximum absolute atomic E-state index is 13.2. The highest BCUT2D eigenvalue weighted by Gasteiger charge is 2.28. The molecule has 1 aromatic rings. The van der Waals surface area contributed by atoms with Crippen LogP contribution in [0.15, 0.2) is 18.2 Å². The third-order valence-electron chi connectivity index (χ3n) is 2.33. The Labute approximate surface area is 113 Å². The minimum atomic E-state index is -4.39. The quantitative estimate of drug-likeness (QED) is 0.809. The Hall–Kier alpha value is -0.850. The van der Waals surface area contributed by atoms with Crippen LogP contribution in [0.2, 0.25) is 5.02 Å². The molecule has 108 valence electrons. The van der Waals surface area contributed by atoms with Crippen molar-refractivity contribution in [1.29, 1.82) is 0 Å². The Morgan fingerprint density at radius 3 is 2.63 bits per heavy atom. The van der Waals surface area contributed by atoms with Crippen molar-refractivity contribution in [2.24, 2.45) is 0 Å². The first-order valence-electron chi connectivity index (χ1n) is 5.66. The van der Waals surface area contributed by atoms with Gasteiger partial charge in [-0.25, -0.2) is 4.39 Å². The second-order valence-corrected chi connectivity index (χ2v) is 4.31. The van der Waals surface area contributed by atoms with Gasteiger partial charge in [0, 0.05) is 5.02 Å². The fourth-order valence-electron chi connectivity index (χ4n) is 1.58. The van der Waals surface area contributed by atoms with E-state index in [-0.39, 0.29) is 11.6 Å². The van der Waals surface area contributed by atoms with Crippen LogP contribution in [0.5, 0.6) is 0 Å². The number of benzene rings is 1. The van der Waals surface area contributed by atoms with Crippen molar-refractivity contribution in [3.8, 4) is 0 Å². The predicted molar refractivity (Wildman–Crippen MR) is 64.7 cm³/mol. The first-order chi connectivity index (χ1) is 8.83. The molecule has 0 aliphatic heterocycles. The van der Waals surface area contributed by atoms with Crippen LogP contribution in [0, 0.1) is 5.82 Å². The van der Waals surface area contributed by atoms with E-state index in [1.807, 2.05) is 0 Å². The van der Waals surface area contributed by atoms with Gasteiger partial charge in [-0.2, -0.15) is 13.2 Å². The summed E-state index contributed by atoms with van der Waals surface area (Å²) in [7, 11) is 0. The van der Waals surface area contributed by atoms with Crippen molar-refractivity contribution in [3.05, 3.63) is 34.6 Å². The largest absolute Gasteiger partial charge is 0.411 e. The van der Waals surface area contributed by atoms with Crippen LogP contribution in [0.4, 0.5) is 17.6 Å². The van der Waals surface area contributed by atoms with Crippen LogP contribution in [0.1, 0.15) is 18.5 Å². The van der Waals surface area contributed by atoms with Crippen LogP contribution in [-0.4, -0.2) is 25.9 Å². The minimum absolute atomic E-state index is 0.240. The number of likely N-dealkylation sites (N-methyl/N-ethyl adjacent to an activating group) is 1. The van der Waals surface area contributed by atoms with Gasteiger partial charge < -0.3 is 10.1 Å². The van der Waals surface area contributed by atoms with Crippen molar-refractivity contribution in [1.82, 2.24) is 5.32 Å². The van der Waals surface area contributed by atoms with Gasteiger partial charge in [0.25, 0.3) is 0 Å². The van der Waals surface area contributed by atoms with Crippen LogP contribution in [-0.2, 0) is 4.74 Å². The van der Waals surface area contributed by atoms with Gasteiger partial charge in [0.05, 0.1) is 12.6 Å². The molecule has 1 aromatic carbocycles. The van der Waals surface area contributed by atoms with Crippen molar-refractivity contribution in [3.63, 3.8) is 0 Å². The summed E-state index contributed by atoms with van der Waals surface area (Å²) in [5.41, 5.74) is 0.380. The summed E-state index contributed by atoms with van der Waals surface area (Å²) in [5.74, 6) is -0.502. The number of hydrogen-bond donors (Lipinski definition) is 1. The molecule has 0 fully saturated rings. The van der Waals surface area contributed by atoms with E-state index in [9.17, 15) is 17.6 Å². The van der Waals surface area contributed by atoms with Gasteiger partial charge in [-0.05, 0) is 30.3 Å². The molecule has 2 nitrogen and oxygen atoms in total. The normalized spacial score (nSPS) is 13.6. The van der Waals surface area contributed by atoms with Gasteiger partial charge in [0.1, 0.15) is 12.4 Å². The monoisotopic (exact) mass is 299 g/mol. The van der Waals surface area contributed by atoms with Crippen LogP contribution >= 0.6 is 11.6 Å². The lowest BCUT2D eigenvalue weighted by Gasteiger charge is -2.20. The van der Waals surface area contributed by atoms with Crippen molar-refractivity contribution < 1.29 is 22.3 Å². The summed E-state index contributed by atoms with van der Waals surface area (Å²) in [5, 5.41) is 3.19. The van der Waals surface area contributed by atoms with E-state index >= 15 is 0 Å². The number of halogens is 5. The maximum Gasteiger partial charge on any atom is 0.411 e. The van der Waals surface area contributed by atoms with Gasteiger partial charge in [0.2, 0.25) is 0 Å². The molecule has 1 rings (SSSR count). The predicted octanol–water partition coefficient (Wildman–Crippen LogP) is 3.71. The van der Waals surface area contributed by atoms with E-state index in [0.717, 1.165) is 0 Å². The summed E-state index contributed by atoms with van der Waals surface area (Å²) in [6.07, 6.45) is -4.39. The van der Waals surface area contributed by atoms with Crippen LogP contribution in [0.25, 0.3) is 0 Å². The van der Waals surface area contributed by atoms with Gasteiger partial charge in [-0.15, -0.1) is 0 Å². The highest BCUT2D eigenvalue weighted by molar-refractivity contribution is 6.31. The molecule has 0 heterocycles. The topological polar surface area (TPSA) is 21.3 Å². The molecule has 0 aliphatic carbocycles. The minimum Gasteiger partial charge on any atom is -0.370 e. The highest BCUT2D eigenvalue weighted by atomic mass is 35.5. The number of alkyl halides is 3. The summed E-state index contributed by atoms with van der Waals surface area (Å²) in [6, 6.07) is 3.15. The smallest absolute Gasteiger partial charge is 0.370 e. The first-order valence-corrected chi connectivity index (χ1v) is 6.04. The van der Waals surface area contributed by atoms with Crippen LogP contribution in [0.3, 0.4) is 0 Å². The second-order valence-electron chi connectivity index (χ2n) is 3.91. The Morgan fingerprint density at radius 1 is 1.37 bits per heavy atom. The molecule has 0 aromatic heterocycles. The number of ether oxygens (including phenoxy) is 1. The average molecular weight is 300 g/mol. The molecule has 19 heavy (non-hydrogen) atoms. The van der Waals surface area contributed by atoms with E-state index in [0.29, 0.717) is 12.1 Å². The van der Waals surface area contributed by atoms with Crippen molar-refractivity contribution in [2.45, 2.75) is 19.1 Å². The second kappa shape index (κ2) is 7.07. The molecule has 0 saturated heterocycles. The fraction of sp³-hybridized carbons (Fsp3) is 0.500. The molecular formula is C12H14ClF4NO. The maximum atomic E-state index is 13.2. The Morgan fingerprint density at radius 2 is 2.05 bits per heavy atom. The SMILES string of the molecule is CCNC(COCC(F)(F)F)c1cc(F)ccc1Cl. The molecule has 1 unspecified atom stereocenters.